The number of amidine groups is 1. The zero-order valence-electron chi connectivity index (χ0n) is 23.4. The fourth-order valence-electron chi connectivity index (χ4n) is 4.11. The van der Waals surface area contributed by atoms with Crippen molar-refractivity contribution in [1.82, 2.24) is 20.2 Å². The monoisotopic (exact) mass is 606 g/mol. The molecule has 0 saturated carbocycles. The fourth-order valence-corrected chi connectivity index (χ4v) is 4.84. The maximum Gasteiger partial charge on any atom is 0.303 e. The number of pyridine rings is 1. The number of hydroxylamine groups is 2. The number of ketones is 1. The second-order valence-electron chi connectivity index (χ2n) is 9.04. The van der Waals surface area contributed by atoms with Gasteiger partial charge < -0.3 is 24.3 Å². The topological polar surface area (TPSA) is 209 Å². The summed E-state index contributed by atoms with van der Waals surface area (Å²) in [5.74, 6) is -3.87. The van der Waals surface area contributed by atoms with Gasteiger partial charge in [0.05, 0.1) is 6.54 Å². The number of anilines is 1. The van der Waals surface area contributed by atoms with E-state index in [1.54, 1.807) is 18.5 Å². The molecular formula is C25H30N6O10S. The Labute approximate surface area is 244 Å². The number of hydrogen-bond acceptors (Lipinski definition) is 17. The molecule has 1 aliphatic rings. The minimum absolute atomic E-state index is 0.0407. The number of nitrogens with zero attached hydrogens (tertiary/aromatic N) is 5. The van der Waals surface area contributed by atoms with E-state index in [2.05, 4.69) is 25.5 Å². The van der Waals surface area contributed by atoms with Crippen molar-refractivity contribution in [3.8, 4) is 10.6 Å². The quantitative estimate of drug-likeness (QED) is 0.239. The third-order valence-corrected chi connectivity index (χ3v) is 6.64. The molecule has 2 aromatic heterocycles. The number of aliphatic imine (C=N–C) groups is 1. The van der Waals surface area contributed by atoms with E-state index in [9.17, 15) is 29.2 Å². The predicted octanol–water partition coefficient (Wildman–Crippen LogP) is 0.800. The van der Waals surface area contributed by atoms with Gasteiger partial charge in [0, 0.05) is 45.7 Å². The lowest BCUT2D eigenvalue weighted by Crippen LogP contribution is -2.59. The SMILES string of the molecule is CC(=O)OC[C@@H](OC(C)=O)[C@H](OC(C)=O)[C@@H](OC(C)=O)C1C(C(C)=O)N=C(CNc2nnc(-c3cccnc3)s2)N1O. The van der Waals surface area contributed by atoms with Crippen LogP contribution in [-0.2, 0) is 42.9 Å². The van der Waals surface area contributed by atoms with Crippen LogP contribution in [0.5, 0.6) is 0 Å². The molecule has 0 aromatic carbocycles. The van der Waals surface area contributed by atoms with Crippen LogP contribution in [0.25, 0.3) is 10.6 Å². The summed E-state index contributed by atoms with van der Waals surface area (Å²) in [7, 11) is 0. The molecule has 3 rings (SSSR count). The van der Waals surface area contributed by atoms with Gasteiger partial charge in [-0.1, -0.05) is 11.3 Å². The van der Waals surface area contributed by atoms with Crippen LogP contribution < -0.4 is 5.32 Å². The van der Waals surface area contributed by atoms with Crippen LogP contribution in [0.1, 0.15) is 34.6 Å². The first-order valence-electron chi connectivity index (χ1n) is 12.5. The van der Waals surface area contributed by atoms with E-state index < -0.39 is 66.7 Å². The molecule has 0 saturated heterocycles. The van der Waals surface area contributed by atoms with E-state index in [-0.39, 0.29) is 12.4 Å². The second kappa shape index (κ2) is 14.4. The van der Waals surface area contributed by atoms with Crippen molar-refractivity contribution >= 4 is 52.0 Å². The number of hydrogen-bond donors (Lipinski definition) is 2. The van der Waals surface area contributed by atoms with Gasteiger partial charge in [0.1, 0.15) is 24.5 Å². The first-order valence-corrected chi connectivity index (χ1v) is 13.4. The highest BCUT2D eigenvalue weighted by molar-refractivity contribution is 7.18. The highest BCUT2D eigenvalue weighted by atomic mass is 32.1. The van der Waals surface area contributed by atoms with Crippen LogP contribution in [0.3, 0.4) is 0 Å². The molecule has 2 aromatic rings. The Hall–Kier alpha value is -4.51. The molecule has 3 heterocycles. The molecular weight excluding hydrogens is 576 g/mol. The van der Waals surface area contributed by atoms with E-state index in [1.165, 1.54) is 18.3 Å². The first kappa shape index (κ1) is 32.0. The Balaban J connectivity index is 1.91. The van der Waals surface area contributed by atoms with Crippen LogP contribution in [0.4, 0.5) is 5.13 Å². The Bertz CT molecular complexity index is 1340. The maximum atomic E-state index is 12.7. The van der Waals surface area contributed by atoms with Crippen molar-refractivity contribution in [2.45, 2.75) is 65.0 Å². The molecule has 2 unspecified atom stereocenters. The predicted molar refractivity (Wildman–Crippen MR) is 144 cm³/mol. The zero-order valence-corrected chi connectivity index (χ0v) is 24.2. The normalized spacial score (nSPS) is 18.2. The van der Waals surface area contributed by atoms with Gasteiger partial charge in [-0.05, 0) is 19.1 Å². The molecule has 226 valence electrons. The van der Waals surface area contributed by atoms with E-state index in [0.29, 0.717) is 15.2 Å². The molecule has 0 fully saturated rings. The largest absolute Gasteiger partial charge is 0.462 e. The molecule has 0 aliphatic carbocycles. The van der Waals surface area contributed by atoms with Gasteiger partial charge in [-0.2, -0.15) is 0 Å². The van der Waals surface area contributed by atoms with Crippen LogP contribution in [0.15, 0.2) is 29.5 Å². The number of carbonyl (C=O) groups is 5. The summed E-state index contributed by atoms with van der Waals surface area (Å²) in [6.45, 7) is 4.78. The highest BCUT2D eigenvalue weighted by Gasteiger charge is 2.52. The van der Waals surface area contributed by atoms with Crippen molar-refractivity contribution < 1.29 is 48.1 Å². The highest BCUT2D eigenvalue weighted by Crippen LogP contribution is 2.29. The van der Waals surface area contributed by atoms with Crippen molar-refractivity contribution in [1.29, 1.82) is 0 Å². The molecule has 0 spiro atoms. The van der Waals surface area contributed by atoms with E-state index >= 15 is 0 Å². The van der Waals surface area contributed by atoms with Gasteiger partial charge >= 0.3 is 23.9 Å². The van der Waals surface area contributed by atoms with Gasteiger partial charge in [0.2, 0.25) is 5.13 Å². The Morgan fingerprint density at radius 2 is 1.69 bits per heavy atom. The van der Waals surface area contributed by atoms with Crippen LogP contribution in [-0.4, -0.2) is 104 Å². The van der Waals surface area contributed by atoms with E-state index in [1.807, 2.05) is 6.07 Å². The lowest BCUT2D eigenvalue weighted by Gasteiger charge is -2.37. The molecule has 0 bridgehead atoms. The van der Waals surface area contributed by atoms with Crippen molar-refractivity contribution in [2.24, 2.45) is 4.99 Å². The van der Waals surface area contributed by atoms with Crippen LogP contribution >= 0.6 is 11.3 Å². The molecule has 2 N–H and O–H groups in total. The number of aromatic nitrogens is 3. The molecule has 16 nitrogen and oxygen atoms in total. The number of rotatable bonds is 13. The number of carbonyl (C=O) groups excluding carboxylic acids is 5. The van der Waals surface area contributed by atoms with Crippen molar-refractivity contribution in [3.05, 3.63) is 24.5 Å². The molecule has 5 atom stereocenters. The molecule has 0 radical (unpaired) electrons. The summed E-state index contributed by atoms with van der Waals surface area (Å²) < 4.78 is 21.1. The standard InChI is InChI=1S/C25H30N6O10S/c1-12(32)20-21(23(41-16(5)36)22(40-15(4)35)18(39-14(3)34)11-38-13(2)33)31(37)19(28-20)10-27-25-30-29-24(42-25)17-7-6-8-26-9-17/h6-9,18,20-23,37H,10-11H2,1-5H3,(H,27,30)/t18-,20?,21?,22+,23+/m1/s1. The molecule has 42 heavy (non-hydrogen) atoms. The number of esters is 4. The molecule has 1 aliphatic heterocycles. The first-order chi connectivity index (χ1) is 19.9. The van der Waals surface area contributed by atoms with E-state index in [4.69, 9.17) is 18.9 Å². The van der Waals surface area contributed by atoms with Gasteiger partial charge in [0.25, 0.3) is 0 Å². The van der Waals surface area contributed by atoms with Crippen LogP contribution in [0.2, 0.25) is 0 Å². The smallest absolute Gasteiger partial charge is 0.303 e. The summed E-state index contributed by atoms with van der Waals surface area (Å²) in [4.78, 5) is 68.7. The fraction of sp³-hybridized carbons (Fsp3) is 0.480. The van der Waals surface area contributed by atoms with Gasteiger partial charge in [-0.3, -0.25) is 39.2 Å². The van der Waals surface area contributed by atoms with E-state index in [0.717, 1.165) is 33.3 Å². The van der Waals surface area contributed by atoms with Gasteiger partial charge in [0.15, 0.2) is 29.1 Å². The molecule has 0 amide bonds. The Morgan fingerprint density at radius 3 is 2.26 bits per heavy atom. The van der Waals surface area contributed by atoms with Crippen molar-refractivity contribution in [3.63, 3.8) is 0 Å². The number of ether oxygens (including phenoxy) is 4. The van der Waals surface area contributed by atoms with Gasteiger partial charge in [-0.15, -0.1) is 10.2 Å². The summed E-state index contributed by atoms with van der Waals surface area (Å²) in [6.07, 6.45) is -1.47. The summed E-state index contributed by atoms with van der Waals surface area (Å²) in [5, 5.41) is 23.9. The summed E-state index contributed by atoms with van der Waals surface area (Å²) >= 11 is 1.21. The van der Waals surface area contributed by atoms with Gasteiger partial charge in [-0.25, -0.2) is 5.06 Å². The Kier molecular flexibility index (Phi) is 11.0. The summed E-state index contributed by atoms with van der Waals surface area (Å²) in [5.41, 5.74) is 0.749. The number of Topliss-reactive ketones (excluding diaryl/α,β-unsaturated/α-hetero) is 1. The van der Waals surface area contributed by atoms with Crippen LogP contribution in [0, 0.1) is 0 Å². The lowest BCUT2D eigenvalue weighted by atomic mass is 9.93. The minimum Gasteiger partial charge on any atom is -0.462 e. The third kappa shape index (κ3) is 8.50. The average Bonchev–Trinajstić information content (AvgIpc) is 3.52. The lowest BCUT2D eigenvalue weighted by molar-refractivity contribution is -0.202. The third-order valence-electron chi connectivity index (χ3n) is 5.71. The minimum atomic E-state index is -1.62. The number of nitrogens with one attached hydrogen (secondary N) is 1. The summed E-state index contributed by atoms with van der Waals surface area (Å²) in [6, 6.07) is 0.836. The maximum absolute atomic E-state index is 12.7. The zero-order chi connectivity index (χ0) is 31.0. The second-order valence-corrected chi connectivity index (χ2v) is 10.0. The average molecular weight is 607 g/mol. The molecule has 17 heteroatoms. The Morgan fingerprint density at radius 1 is 1.00 bits per heavy atom. The van der Waals surface area contributed by atoms with Crippen molar-refractivity contribution in [2.75, 3.05) is 18.5 Å².